The minimum atomic E-state index is -0.611. The number of benzene rings is 2. The van der Waals surface area contributed by atoms with Gasteiger partial charge in [0.15, 0.2) is 17.3 Å². The maximum absolute atomic E-state index is 13.3. The number of para-hydroxylation sites is 1. The van der Waals surface area contributed by atoms with Crippen molar-refractivity contribution >= 4 is 23.3 Å². The number of ether oxygens (including phenoxy) is 2. The number of Topliss-reactive ketones (excluding diaryl/α,β-unsaturated/α-hetero) is 1. The zero-order chi connectivity index (χ0) is 20.8. The van der Waals surface area contributed by atoms with Crippen LogP contribution in [0.3, 0.4) is 0 Å². The third-order valence-corrected chi connectivity index (χ3v) is 5.88. The van der Waals surface area contributed by atoms with Crippen molar-refractivity contribution in [1.82, 2.24) is 0 Å². The van der Waals surface area contributed by atoms with E-state index in [-0.39, 0.29) is 36.4 Å². The fourth-order valence-electron chi connectivity index (χ4n) is 4.56. The average Bonchev–Trinajstić information content (AvgIpc) is 3.21. The van der Waals surface area contributed by atoms with Crippen molar-refractivity contribution in [2.24, 2.45) is 5.73 Å². The molecule has 0 radical (unpaired) electrons. The highest BCUT2D eigenvalue weighted by Gasteiger charge is 2.40. The van der Waals surface area contributed by atoms with Gasteiger partial charge in [-0.05, 0) is 42.7 Å². The summed E-state index contributed by atoms with van der Waals surface area (Å²) in [6.07, 6.45) is 1.81. The molecular formula is C23H20N2O5. The number of nitrogens with zero attached hydrogens (tertiary/aromatic N) is 1. The highest BCUT2D eigenvalue weighted by molar-refractivity contribution is 6.10. The number of carbonyl (C=O) groups excluding carboxylic acids is 3. The van der Waals surface area contributed by atoms with E-state index < -0.39 is 5.91 Å². The molecule has 0 saturated carbocycles. The summed E-state index contributed by atoms with van der Waals surface area (Å²) in [4.78, 5) is 39.8. The van der Waals surface area contributed by atoms with E-state index in [0.29, 0.717) is 47.7 Å². The van der Waals surface area contributed by atoms with Crippen LogP contribution in [-0.4, -0.2) is 24.4 Å². The fourth-order valence-corrected chi connectivity index (χ4v) is 4.56. The molecule has 0 saturated heterocycles. The van der Waals surface area contributed by atoms with Gasteiger partial charge in [-0.1, -0.05) is 18.2 Å². The van der Waals surface area contributed by atoms with Crippen molar-refractivity contribution in [2.45, 2.75) is 31.6 Å². The molecule has 5 rings (SSSR count). The Labute approximate surface area is 173 Å². The molecule has 0 spiro atoms. The van der Waals surface area contributed by atoms with Gasteiger partial charge in [0.25, 0.3) is 5.91 Å². The first-order valence-corrected chi connectivity index (χ1v) is 9.92. The Bertz CT molecular complexity index is 1120. The van der Waals surface area contributed by atoms with Crippen LogP contribution in [0.2, 0.25) is 0 Å². The van der Waals surface area contributed by atoms with Crippen molar-refractivity contribution < 1.29 is 23.9 Å². The average molecular weight is 404 g/mol. The molecule has 2 aliphatic heterocycles. The van der Waals surface area contributed by atoms with Gasteiger partial charge in [0.1, 0.15) is 0 Å². The SMILES string of the molecule is NC(=O)c1ccccc1N1C(=O)CC(c2ccc3c(c2)OCO3)C2=C1CCCC2=O. The smallest absolute Gasteiger partial charge is 0.250 e. The van der Waals surface area contributed by atoms with Gasteiger partial charge in [0.2, 0.25) is 12.7 Å². The number of nitrogens with two attached hydrogens (primary N) is 1. The second-order valence-electron chi connectivity index (χ2n) is 7.62. The van der Waals surface area contributed by atoms with E-state index in [2.05, 4.69) is 0 Å². The molecule has 3 aliphatic rings. The minimum Gasteiger partial charge on any atom is -0.454 e. The van der Waals surface area contributed by atoms with Crippen LogP contribution in [0, 0.1) is 0 Å². The van der Waals surface area contributed by atoms with Crippen LogP contribution in [0.25, 0.3) is 0 Å². The molecule has 1 unspecified atom stereocenters. The number of anilines is 1. The highest BCUT2D eigenvalue weighted by Crippen LogP contribution is 2.45. The monoisotopic (exact) mass is 404 g/mol. The zero-order valence-corrected chi connectivity index (χ0v) is 16.2. The van der Waals surface area contributed by atoms with E-state index in [4.69, 9.17) is 15.2 Å². The van der Waals surface area contributed by atoms with Gasteiger partial charge in [0, 0.05) is 30.0 Å². The van der Waals surface area contributed by atoms with Gasteiger partial charge >= 0.3 is 0 Å². The van der Waals surface area contributed by atoms with Crippen molar-refractivity contribution in [1.29, 1.82) is 0 Å². The predicted octanol–water partition coefficient (Wildman–Crippen LogP) is 3.04. The Hall–Kier alpha value is -3.61. The lowest BCUT2D eigenvalue weighted by atomic mass is 9.77. The van der Waals surface area contributed by atoms with Gasteiger partial charge in [-0.2, -0.15) is 0 Å². The summed E-state index contributed by atoms with van der Waals surface area (Å²) in [6, 6.07) is 12.3. The summed E-state index contributed by atoms with van der Waals surface area (Å²) in [5, 5.41) is 0. The first-order chi connectivity index (χ1) is 14.5. The maximum atomic E-state index is 13.3. The Balaban J connectivity index is 1.66. The summed E-state index contributed by atoms with van der Waals surface area (Å²) in [5.74, 6) is 0.175. The third kappa shape index (κ3) is 2.85. The number of ketones is 1. The standard InChI is InChI=1S/C23H20N2O5/c24-23(28)14-4-1-2-5-16(14)25-17-6-3-7-18(26)22(17)15(11-21(25)27)13-8-9-19-20(10-13)30-12-29-19/h1-2,4-5,8-10,15H,3,6-7,11-12H2,(H2,24,28). The Morgan fingerprint density at radius 2 is 1.83 bits per heavy atom. The number of fused-ring (bicyclic) bond motifs is 1. The first-order valence-electron chi connectivity index (χ1n) is 9.92. The minimum absolute atomic E-state index is 0.0352. The molecule has 7 heteroatoms. The number of rotatable bonds is 3. The van der Waals surface area contributed by atoms with Crippen molar-refractivity contribution in [2.75, 3.05) is 11.7 Å². The quantitative estimate of drug-likeness (QED) is 0.848. The lowest BCUT2D eigenvalue weighted by molar-refractivity contribution is -0.119. The van der Waals surface area contributed by atoms with Crippen molar-refractivity contribution in [3.05, 3.63) is 64.9 Å². The largest absolute Gasteiger partial charge is 0.454 e. The molecule has 2 aromatic carbocycles. The molecular weight excluding hydrogens is 384 g/mol. The molecule has 2 amide bonds. The van der Waals surface area contributed by atoms with Crippen LogP contribution in [0.15, 0.2) is 53.7 Å². The molecule has 2 heterocycles. The molecule has 7 nitrogen and oxygen atoms in total. The second-order valence-corrected chi connectivity index (χ2v) is 7.62. The molecule has 0 aromatic heterocycles. The predicted molar refractivity (Wildman–Crippen MR) is 108 cm³/mol. The van der Waals surface area contributed by atoms with Crippen molar-refractivity contribution in [3.63, 3.8) is 0 Å². The van der Waals surface area contributed by atoms with Gasteiger partial charge in [0.05, 0.1) is 11.3 Å². The van der Waals surface area contributed by atoms with E-state index >= 15 is 0 Å². The normalized spacial score (nSPS) is 20.4. The van der Waals surface area contributed by atoms with E-state index in [1.54, 1.807) is 24.3 Å². The fraction of sp³-hybridized carbons (Fsp3) is 0.261. The molecule has 0 fully saturated rings. The first kappa shape index (κ1) is 18.4. The van der Waals surface area contributed by atoms with Gasteiger partial charge < -0.3 is 15.2 Å². The Morgan fingerprint density at radius 3 is 2.67 bits per heavy atom. The van der Waals surface area contributed by atoms with E-state index in [1.165, 1.54) is 4.90 Å². The molecule has 2 N–H and O–H groups in total. The number of allylic oxidation sites excluding steroid dienone is 2. The summed E-state index contributed by atoms with van der Waals surface area (Å²) in [5.41, 5.74) is 8.39. The third-order valence-electron chi connectivity index (χ3n) is 5.88. The van der Waals surface area contributed by atoms with Crippen LogP contribution in [-0.2, 0) is 9.59 Å². The lowest BCUT2D eigenvalue weighted by Crippen LogP contribution is -2.41. The molecule has 1 aliphatic carbocycles. The Morgan fingerprint density at radius 1 is 1.03 bits per heavy atom. The van der Waals surface area contributed by atoms with Crippen LogP contribution >= 0.6 is 0 Å². The summed E-state index contributed by atoms with van der Waals surface area (Å²) < 4.78 is 10.9. The van der Waals surface area contributed by atoms with Crippen LogP contribution in [0.5, 0.6) is 11.5 Å². The van der Waals surface area contributed by atoms with Crippen LogP contribution in [0.1, 0.15) is 47.5 Å². The second kappa shape index (κ2) is 7.02. The van der Waals surface area contributed by atoms with E-state index in [0.717, 1.165) is 5.56 Å². The lowest BCUT2D eigenvalue weighted by Gasteiger charge is -2.38. The molecule has 152 valence electrons. The number of carbonyl (C=O) groups is 3. The highest BCUT2D eigenvalue weighted by atomic mass is 16.7. The number of hydrogen-bond donors (Lipinski definition) is 1. The maximum Gasteiger partial charge on any atom is 0.250 e. The molecule has 0 bridgehead atoms. The van der Waals surface area contributed by atoms with E-state index in [9.17, 15) is 14.4 Å². The zero-order valence-electron chi connectivity index (χ0n) is 16.2. The van der Waals surface area contributed by atoms with Crippen LogP contribution < -0.4 is 20.1 Å². The summed E-state index contributed by atoms with van der Waals surface area (Å²) >= 11 is 0. The summed E-state index contributed by atoms with van der Waals surface area (Å²) in [7, 11) is 0. The molecule has 30 heavy (non-hydrogen) atoms. The summed E-state index contributed by atoms with van der Waals surface area (Å²) in [6.45, 7) is 0.160. The van der Waals surface area contributed by atoms with Crippen molar-refractivity contribution in [3.8, 4) is 11.5 Å². The topological polar surface area (TPSA) is 98.9 Å². The Kier molecular flexibility index (Phi) is 4.31. The van der Waals surface area contributed by atoms with Gasteiger partial charge in [-0.3, -0.25) is 19.3 Å². The van der Waals surface area contributed by atoms with Gasteiger partial charge in [-0.15, -0.1) is 0 Å². The number of primary amides is 1. The van der Waals surface area contributed by atoms with E-state index in [1.807, 2.05) is 18.2 Å². The number of amides is 2. The molecule has 2 aromatic rings. The number of hydrogen-bond acceptors (Lipinski definition) is 5. The van der Waals surface area contributed by atoms with Gasteiger partial charge in [-0.25, -0.2) is 0 Å². The molecule has 1 atom stereocenters. The van der Waals surface area contributed by atoms with Crippen LogP contribution in [0.4, 0.5) is 5.69 Å².